The van der Waals surface area contributed by atoms with Gasteiger partial charge in [-0.3, -0.25) is 0 Å². The Hall–Kier alpha value is -1.32. The standard InChI is InChI=1S/C15H12Cl2F2O/c1-20-15-5-10(7-16)14(4-11(15)8-17)9-2-12(18)6-13(19)3-9/h2-6H,7-8H2,1H3. The van der Waals surface area contributed by atoms with Gasteiger partial charge in [-0.05, 0) is 41.0 Å². The normalized spacial score (nSPS) is 10.7. The lowest BCUT2D eigenvalue weighted by Crippen LogP contribution is -1.96. The van der Waals surface area contributed by atoms with E-state index in [2.05, 4.69) is 0 Å². The summed E-state index contributed by atoms with van der Waals surface area (Å²) in [5.41, 5.74) is 2.53. The van der Waals surface area contributed by atoms with Gasteiger partial charge in [-0.1, -0.05) is 0 Å². The highest BCUT2D eigenvalue weighted by molar-refractivity contribution is 6.18. The van der Waals surface area contributed by atoms with Crippen LogP contribution in [0.2, 0.25) is 0 Å². The third kappa shape index (κ3) is 3.05. The van der Waals surface area contributed by atoms with Crippen molar-refractivity contribution >= 4 is 23.2 Å². The van der Waals surface area contributed by atoms with E-state index in [1.807, 2.05) is 0 Å². The molecule has 0 aliphatic heterocycles. The van der Waals surface area contributed by atoms with Gasteiger partial charge in [-0.15, -0.1) is 23.2 Å². The molecule has 5 heteroatoms. The molecule has 2 aromatic carbocycles. The molecule has 2 rings (SSSR count). The van der Waals surface area contributed by atoms with E-state index in [4.69, 9.17) is 27.9 Å². The SMILES string of the molecule is COc1cc(CCl)c(-c2cc(F)cc(F)c2)cc1CCl. The van der Waals surface area contributed by atoms with Crippen LogP contribution >= 0.6 is 23.2 Å². The van der Waals surface area contributed by atoms with E-state index in [-0.39, 0.29) is 11.8 Å². The number of benzene rings is 2. The van der Waals surface area contributed by atoms with Crippen LogP contribution in [0, 0.1) is 11.6 Å². The van der Waals surface area contributed by atoms with Crippen LogP contribution in [0.5, 0.6) is 5.75 Å². The second-order valence-electron chi connectivity index (χ2n) is 4.25. The molecule has 0 saturated heterocycles. The number of alkyl halides is 2. The minimum Gasteiger partial charge on any atom is -0.496 e. The van der Waals surface area contributed by atoms with Gasteiger partial charge in [0.2, 0.25) is 0 Å². The summed E-state index contributed by atoms with van der Waals surface area (Å²) in [5, 5.41) is 0. The molecule has 0 aliphatic rings. The second-order valence-corrected chi connectivity index (χ2v) is 4.78. The Labute approximate surface area is 126 Å². The third-order valence-electron chi connectivity index (χ3n) is 2.97. The highest BCUT2D eigenvalue weighted by atomic mass is 35.5. The maximum Gasteiger partial charge on any atom is 0.126 e. The Morgan fingerprint density at radius 2 is 1.50 bits per heavy atom. The predicted molar refractivity (Wildman–Crippen MR) is 77.5 cm³/mol. The van der Waals surface area contributed by atoms with Crippen molar-refractivity contribution in [2.24, 2.45) is 0 Å². The fourth-order valence-corrected chi connectivity index (χ4v) is 2.48. The van der Waals surface area contributed by atoms with Gasteiger partial charge >= 0.3 is 0 Å². The van der Waals surface area contributed by atoms with Crippen LogP contribution in [0.1, 0.15) is 11.1 Å². The number of hydrogen-bond donors (Lipinski definition) is 0. The van der Waals surface area contributed by atoms with Crippen molar-refractivity contribution in [3.05, 3.63) is 53.1 Å². The van der Waals surface area contributed by atoms with E-state index >= 15 is 0 Å². The average molecular weight is 317 g/mol. The first-order valence-corrected chi connectivity index (χ1v) is 6.94. The van der Waals surface area contributed by atoms with Gasteiger partial charge in [0, 0.05) is 17.5 Å². The number of halogens is 4. The van der Waals surface area contributed by atoms with Crippen LogP contribution in [0.15, 0.2) is 30.3 Å². The van der Waals surface area contributed by atoms with Gasteiger partial charge in [0.05, 0.1) is 13.0 Å². The summed E-state index contributed by atoms with van der Waals surface area (Å²) < 4.78 is 31.9. The molecule has 0 fully saturated rings. The fraction of sp³-hybridized carbons (Fsp3) is 0.200. The van der Waals surface area contributed by atoms with Crippen LogP contribution in [-0.4, -0.2) is 7.11 Å². The fourth-order valence-electron chi connectivity index (χ4n) is 2.05. The zero-order chi connectivity index (χ0) is 14.7. The van der Waals surface area contributed by atoms with Crippen molar-refractivity contribution in [2.75, 3.05) is 7.11 Å². The number of ether oxygens (including phenoxy) is 1. The molecule has 0 heterocycles. The zero-order valence-electron chi connectivity index (χ0n) is 10.7. The van der Waals surface area contributed by atoms with E-state index in [1.54, 1.807) is 12.1 Å². The second kappa shape index (κ2) is 6.42. The molecule has 0 atom stereocenters. The van der Waals surface area contributed by atoms with Crippen molar-refractivity contribution < 1.29 is 13.5 Å². The Bertz CT molecular complexity index is 609. The summed E-state index contributed by atoms with van der Waals surface area (Å²) in [6.45, 7) is 0. The highest BCUT2D eigenvalue weighted by Gasteiger charge is 2.13. The number of methoxy groups -OCH3 is 1. The van der Waals surface area contributed by atoms with Crippen LogP contribution in [-0.2, 0) is 11.8 Å². The van der Waals surface area contributed by atoms with Gasteiger partial charge < -0.3 is 4.74 Å². The lowest BCUT2D eigenvalue weighted by molar-refractivity contribution is 0.411. The summed E-state index contributed by atoms with van der Waals surface area (Å²) in [5.74, 6) is -0.230. The molecule has 2 aromatic rings. The molecule has 0 amide bonds. The Balaban J connectivity index is 2.65. The zero-order valence-corrected chi connectivity index (χ0v) is 12.2. The molecule has 0 N–H and O–H groups in total. The Kier molecular flexibility index (Phi) is 4.84. The third-order valence-corrected chi connectivity index (χ3v) is 3.54. The van der Waals surface area contributed by atoms with Crippen LogP contribution in [0.25, 0.3) is 11.1 Å². The van der Waals surface area contributed by atoms with E-state index in [1.165, 1.54) is 19.2 Å². The number of rotatable bonds is 4. The summed E-state index contributed by atoms with van der Waals surface area (Å²) in [6, 6.07) is 6.84. The molecule has 0 radical (unpaired) electrons. The van der Waals surface area contributed by atoms with Crippen molar-refractivity contribution in [3.8, 4) is 16.9 Å². The molecule has 0 aromatic heterocycles. The summed E-state index contributed by atoms with van der Waals surface area (Å²) >= 11 is 11.8. The first kappa shape index (κ1) is 15.1. The lowest BCUT2D eigenvalue weighted by atomic mass is 9.97. The predicted octanol–water partition coefficient (Wildman–Crippen LogP) is 5.12. The molecule has 106 valence electrons. The molecule has 0 unspecified atom stereocenters. The smallest absolute Gasteiger partial charge is 0.126 e. The topological polar surface area (TPSA) is 9.23 Å². The molecular weight excluding hydrogens is 305 g/mol. The average Bonchev–Trinajstić information content (AvgIpc) is 2.44. The summed E-state index contributed by atoms with van der Waals surface area (Å²) in [4.78, 5) is 0. The van der Waals surface area contributed by atoms with Gasteiger partial charge in [0.25, 0.3) is 0 Å². The van der Waals surface area contributed by atoms with Crippen LogP contribution < -0.4 is 4.74 Å². The largest absolute Gasteiger partial charge is 0.496 e. The molecule has 1 nitrogen and oxygen atoms in total. The monoisotopic (exact) mass is 316 g/mol. The van der Waals surface area contributed by atoms with E-state index < -0.39 is 11.6 Å². The van der Waals surface area contributed by atoms with E-state index in [0.29, 0.717) is 16.9 Å². The minimum absolute atomic E-state index is 0.201. The van der Waals surface area contributed by atoms with Crippen LogP contribution in [0.4, 0.5) is 8.78 Å². The molecule has 20 heavy (non-hydrogen) atoms. The van der Waals surface area contributed by atoms with Gasteiger partial charge in [-0.25, -0.2) is 8.78 Å². The van der Waals surface area contributed by atoms with Gasteiger partial charge in [-0.2, -0.15) is 0 Å². The van der Waals surface area contributed by atoms with Crippen LogP contribution in [0.3, 0.4) is 0 Å². The van der Waals surface area contributed by atoms with Gasteiger partial charge in [0.1, 0.15) is 17.4 Å². The van der Waals surface area contributed by atoms with Crippen molar-refractivity contribution in [3.63, 3.8) is 0 Å². The lowest BCUT2D eigenvalue weighted by Gasteiger charge is -2.14. The van der Waals surface area contributed by atoms with E-state index in [0.717, 1.165) is 17.2 Å². The molecule has 0 bridgehead atoms. The molecule has 0 spiro atoms. The van der Waals surface area contributed by atoms with Crippen molar-refractivity contribution in [1.82, 2.24) is 0 Å². The molecular formula is C15H12Cl2F2O. The number of hydrogen-bond acceptors (Lipinski definition) is 1. The first-order valence-electron chi connectivity index (χ1n) is 5.87. The summed E-state index contributed by atoms with van der Waals surface area (Å²) in [7, 11) is 1.53. The maximum absolute atomic E-state index is 13.4. The first-order chi connectivity index (χ1) is 9.58. The Morgan fingerprint density at radius 3 is 2.00 bits per heavy atom. The van der Waals surface area contributed by atoms with E-state index in [9.17, 15) is 8.78 Å². The molecule has 0 aliphatic carbocycles. The van der Waals surface area contributed by atoms with Crippen molar-refractivity contribution in [1.29, 1.82) is 0 Å². The van der Waals surface area contributed by atoms with Gasteiger partial charge in [0.15, 0.2) is 0 Å². The Morgan fingerprint density at radius 1 is 0.900 bits per heavy atom. The molecule has 0 saturated carbocycles. The minimum atomic E-state index is -0.635. The highest BCUT2D eigenvalue weighted by Crippen LogP contribution is 2.33. The maximum atomic E-state index is 13.4. The summed E-state index contributed by atoms with van der Waals surface area (Å²) in [6.07, 6.45) is 0. The van der Waals surface area contributed by atoms with Crippen molar-refractivity contribution in [2.45, 2.75) is 11.8 Å². The quantitative estimate of drug-likeness (QED) is 0.711.